The van der Waals surface area contributed by atoms with Gasteiger partial charge in [0.1, 0.15) is 11.5 Å². The van der Waals surface area contributed by atoms with Crippen molar-refractivity contribution >= 4 is 71.1 Å². The van der Waals surface area contributed by atoms with E-state index in [9.17, 15) is 0 Å². The molecule has 14 aromatic rings. The van der Waals surface area contributed by atoms with Crippen molar-refractivity contribution in [2.24, 2.45) is 0 Å². The summed E-state index contributed by atoms with van der Waals surface area (Å²) in [5.74, 6) is 1.58. The summed E-state index contributed by atoms with van der Waals surface area (Å²) < 4.78 is 14.1. The zero-order valence-corrected chi connectivity index (χ0v) is 39.0. The molecular formula is C66H38N6O. The quantitative estimate of drug-likeness (QED) is 0.165. The van der Waals surface area contributed by atoms with Crippen molar-refractivity contribution in [3.05, 3.63) is 264 Å². The van der Waals surface area contributed by atoms with Gasteiger partial charge in [-0.05, 0) is 113 Å². The van der Waals surface area contributed by atoms with Crippen LogP contribution in [0.3, 0.4) is 0 Å². The molecule has 2 aliphatic rings. The van der Waals surface area contributed by atoms with Gasteiger partial charge >= 0.3 is 0 Å². The molecule has 1 atom stereocenters. The summed E-state index contributed by atoms with van der Waals surface area (Å²) >= 11 is 0. The Labute approximate surface area is 418 Å². The molecule has 16 rings (SSSR count). The topological polar surface area (TPSA) is 54.2 Å². The molecule has 0 saturated carbocycles. The first-order valence-corrected chi connectivity index (χ1v) is 24.6. The summed E-state index contributed by atoms with van der Waals surface area (Å²) in [5, 5.41) is 6.94. The second-order valence-corrected chi connectivity index (χ2v) is 19.2. The minimum Gasteiger partial charge on any atom is -0.457 e. The molecule has 7 heteroatoms. The smallest absolute Gasteiger partial charge is 0.188 e. The van der Waals surface area contributed by atoms with Crippen LogP contribution in [0.5, 0.6) is 11.5 Å². The molecule has 1 aliphatic heterocycles. The number of hydrogen-bond donors (Lipinski definition) is 0. The van der Waals surface area contributed by atoms with E-state index < -0.39 is 5.41 Å². The van der Waals surface area contributed by atoms with E-state index in [2.05, 4.69) is 213 Å². The van der Waals surface area contributed by atoms with Crippen LogP contribution in [-0.4, -0.2) is 23.7 Å². The standard InChI is InChI=1S/C66H38N6O/c1-67-42-29-32-61-51(36-42)50-34-40(28-31-60(50)71(61)44-15-12-14-43(37-44)70-56-22-7-2-16-46(56)47-17-3-8-23-57(47)70)41-27-30-53-63(35-41)73-62-26-11-6-20-52(62)66(53)54-21-13-33-68-64(54)65-55(66)38-45(39-69-65)72-58-24-9-4-18-48(58)49-19-5-10-25-59(49)72/h2-39H. The molecule has 0 N–H and O–H groups in total. The van der Waals surface area contributed by atoms with Crippen molar-refractivity contribution in [3.8, 4) is 51.1 Å². The van der Waals surface area contributed by atoms with E-state index in [0.29, 0.717) is 5.69 Å². The molecule has 1 spiro atoms. The lowest BCUT2D eigenvalue weighted by Crippen LogP contribution is -2.32. The first-order valence-electron chi connectivity index (χ1n) is 24.6. The van der Waals surface area contributed by atoms with Gasteiger partial charge < -0.3 is 18.4 Å². The first-order chi connectivity index (χ1) is 36.2. The lowest BCUT2D eigenvalue weighted by atomic mass is 9.66. The lowest BCUT2D eigenvalue weighted by Gasteiger charge is -2.39. The van der Waals surface area contributed by atoms with Gasteiger partial charge in [-0.2, -0.15) is 0 Å². The number of rotatable bonds is 4. The fourth-order valence-electron chi connectivity index (χ4n) is 12.6. The van der Waals surface area contributed by atoms with E-state index in [1.807, 2.05) is 36.7 Å². The number of fused-ring (bicyclic) bond motifs is 18. The SMILES string of the molecule is [C-]#[N+]c1ccc2c(c1)c1cc(-c3ccc4c(c3)Oc3ccccc3C43c4cccnc4-c4ncc(-n5c6ccccc6c6ccccc65)cc43)ccc1n2-c1cccc(-n2c3ccccc3c3ccccc32)c1. The van der Waals surface area contributed by atoms with Gasteiger partial charge in [0.2, 0.25) is 0 Å². The largest absolute Gasteiger partial charge is 0.457 e. The molecule has 0 amide bonds. The predicted octanol–water partition coefficient (Wildman–Crippen LogP) is 16.5. The van der Waals surface area contributed by atoms with Crippen molar-refractivity contribution < 1.29 is 4.74 Å². The summed E-state index contributed by atoms with van der Waals surface area (Å²) in [6.45, 7) is 8.02. The highest BCUT2D eigenvalue weighted by atomic mass is 16.5. The predicted molar refractivity (Wildman–Crippen MR) is 294 cm³/mol. The first kappa shape index (κ1) is 39.8. The fraction of sp³-hybridized carbons (Fsp3) is 0.0152. The highest BCUT2D eigenvalue weighted by molar-refractivity contribution is 6.13. The maximum absolute atomic E-state index is 8.02. The molecule has 73 heavy (non-hydrogen) atoms. The number of pyridine rings is 2. The van der Waals surface area contributed by atoms with Crippen LogP contribution >= 0.6 is 0 Å². The Morgan fingerprint density at radius 1 is 0.370 bits per heavy atom. The van der Waals surface area contributed by atoms with Crippen LogP contribution in [0.2, 0.25) is 0 Å². The van der Waals surface area contributed by atoms with Crippen LogP contribution < -0.4 is 4.74 Å². The second-order valence-electron chi connectivity index (χ2n) is 19.2. The van der Waals surface area contributed by atoms with E-state index in [1.54, 1.807) is 0 Å². The summed E-state index contributed by atoms with van der Waals surface area (Å²) in [6.07, 6.45) is 3.87. The summed E-state index contributed by atoms with van der Waals surface area (Å²) in [7, 11) is 0. The molecular weight excluding hydrogens is 893 g/mol. The molecule has 1 unspecified atom stereocenters. The van der Waals surface area contributed by atoms with Gasteiger partial charge in [-0.3, -0.25) is 9.97 Å². The van der Waals surface area contributed by atoms with Crippen molar-refractivity contribution in [2.75, 3.05) is 0 Å². The number of para-hydroxylation sites is 5. The average molecular weight is 931 g/mol. The van der Waals surface area contributed by atoms with E-state index in [4.69, 9.17) is 21.3 Å². The number of benzene rings is 9. The van der Waals surface area contributed by atoms with Gasteiger partial charge in [-0.25, -0.2) is 4.85 Å². The van der Waals surface area contributed by atoms with Gasteiger partial charge in [0.25, 0.3) is 0 Å². The van der Waals surface area contributed by atoms with E-state index in [1.165, 1.54) is 21.5 Å². The van der Waals surface area contributed by atoms with Gasteiger partial charge in [-0.1, -0.05) is 127 Å². The van der Waals surface area contributed by atoms with Crippen LogP contribution in [0.4, 0.5) is 5.69 Å². The summed E-state index contributed by atoms with van der Waals surface area (Å²) in [6, 6.07) is 77.7. The van der Waals surface area contributed by atoms with Crippen molar-refractivity contribution in [1.29, 1.82) is 0 Å². The minimum absolute atomic E-state index is 0.601. The van der Waals surface area contributed by atoms with Crippen LogP contribution in [-0.2, 0) is 5.41 Å². The fourth-order valence-corrected chi connectivity index (χ4v) is 12.6. The van der Waals surface area contributed by atoms with Crippen LogP contribution in [0.15, 0.2) is 231 Å². The van der Waals surface area contributed by atoms with Crippen LogP contribution in [0, 0.1) is 6.57 Å². The molecule has 5 aromatic heterocycles. The highest BCUT2D eigenvalue weighted by Gasteiger charge is 2.52. The monoisotopic (exact) mass is 930 g/mol. The molecule has 1 aliphatic carbocycles. The maximum Gasteiger partial charge on any atom is 0.188 e. The van der Waals surface area contributed by atoms with Crippen LogP contribution in [0.1, 0.15) is 22.3 Å². The van der Waals surface area contributed by atoms with Crippen molar-refractivity contribution in [1.82, 2.24) is 23.7 Å². The number of hydrogen-bond acceptors (Lipinski definition) is 3. The Morgan fingerprint density at radius 3 is 1.56 bits per heavy atom. The number of nitrogens with zero attached hydrogens (tertiary/aromatic N) is 6. The average Bonchev–Trinajstić information content (AvgIpc) is 4.17. The van der Waals surface area contributed by atoms with Gasteiger partial charge in [0, 0.05) is 61.2 Å². The molecule has 0 saturated heterocycles. The Hall–Kier alpha value is -10.0. The number of aromatic nitrogens is 5. The normalized spacial score (nSPS) is 14.5. The van der Waals surface area contributed by atoms with Crippen molar-refractivity contribution in [2.45, 2.75) is 5.41 Å². The molecule has 338 valence electrons. The molecule has 7 nitrogen and oxygen atoms in total. The van der Waals surface area contributed by atoms with Crippen molar-refractivity contribution in [3.63, 3.8) is 0 Å². The third kappa shape index (κ3) is 5.36. The second kappa shape index (κ2) is 14.8. The molecule has 0 radical (unpaired) electrons. The third-order valence-corrected chi connectivity index (χ3v) is 15.6. The summed E-state index contributed by atoms with van der Waals surface area (Å²) in [5.41, 5.74) is 17.6. The maximum atomic E-state index is 8.02. The van der Waals surface area contributed by atoms with Gasteiger partial charge in [-0.15, -0.1) is 0 Å². The molecule has 0 bridgehead atoms. The highest BCUT2D eigenvalue weighted by Crippen LogP contribution is 2.62. The van der Waals surface area contributed by atoms with Gasteiger partial charge in [0.15, 0.2) is 5.69 Å². The summed E-state index contributed by atoms with van der Waals surface area (Å²) in [4.78, 5) is 14.3. The number of ether oxygens (including phenoxy) is 1. The third-order valence-electron chi connectivity index (χ3n) is 15.6. The zero-order valence-electron chi connectivity index (χ0n) is 39.0. The van der Waals surface area contributed by atoms with E-state index in [0.717, 1.165) is 117 Å². The lowest BCUT2D eigenvalue weighted by molar-refractivity contribution is 0.436. The zero-order chi connectivity index (χ0) is 47.9. The Morgan fingerprint density at radius 2 is 0.890 bits per heavy atom. The molecule has 9 aromatic carbocycles. The Kier molecular flexibility index (Phi) is 8.04. The molecule has 0 fully saturated rings. The van der Waals surface area contributed by atoms with Gasteiger partial charge in [0.05, 0.1) is 68.4 Å². The minimum atomic E-state index is -0.773. The molecule has 6 heterocycles. The Balaban J connectivity index is 0.877. The van der Waals surface area contributed by atoms with E-state index >= 15 is 0 Å². The Bertz CT molecular complexity index is 4650. The van der Waals surface area contributed by atoms with E-state index in [-0.39, 0.29) is 0 Å². The van der Waals surface area contributed by atoms with Crippen LogP contribution in [0.25, 0.3) is 110 Å².